The van der Waals surface area contributed by atoms with Crippen molar-refractivity contribution in [3.8, 4) is 5.75 Å². The molecule has 1 N–H and O–H groups in total. The highest BCUT2D eigenvalue weighted by molar-refractivity contribution is 5.27. The minimum atomic E-state index is -0.506. The lowest BCUT2D eigenvalue weighted by atomic mass is 9.73. The van der Waals surface area contributed by atoms with Crippen LogP contribution in [-0.2, 0) is 16.8 Å². The maximum atomic E-state index is 10.5. The molecule has 1 unspecified atom stereocenters. The first-order valence-electron chi connectivity index (χ1n) is 11.5. The molecular formula is C28H33NO3. The zero-order chi connectivity index (χ0) is 22.1. The number of β-amino-alcohol motifs (C(OH)–C–C–N with tert-alkyl or cyclic N) is 1. The number of aliphatic hydroxyl groups is 1. The maximum Gasteiger partial charge on any atom is 0.119 e. The van der Waals surface area contributed by atoms with Gasteiger partial charge in [0.15, 0.2) is 0 Å². The third kappa shape index (κ3) is 6.19. The second-order valence-electron chi connectivity index (χ2n) is 8.70. The van der Waals surface area contributed by atoms with E-state index < -0.39 is 6.10 Å². The van der Waals surface area contributed by atoms with Crippen molar-refractivity contribution in [2.45, 2.75) is 31.0 Å². The Morgan fingerprint density at radius 3 is 2.06 bits per heavy atom. The van der Waals surface area contributed by atoms with Gasteiger partial charge in [-0.3, -0.25) is 0 Å². The molecule has 0 spiro atoms. The number of piperidine rings is 1. The van der Waals surface area contributed by atoms with Gasteiger partial charge in [0, 0.05) is 12.0 Å². The van der Waals surface area contributed by atoms with Crippen LogP contribution in [0, 0.1) is 0 Å². The van der Waals surface area contributed by atoms with Crippen molar-refractivity contribution in [2.75, 3.05) is 32.8 Å². The van der Waals surface area contributed by atoms with Gasteiger partial charge in [-0.25, -0.2) is 0 Å². The highest BCUT2D eigenvalue weighted by Crippen LogP contribution is 2.36. The molecule has 0 amide bonds. The van der Waals surface area contributed by atoms with E-state index in [-0.39, 0.29) is 5.41 Å². The Kier molecular flexibility index (Phi) is 7.94. The first kappa shape index (κ1) is 22.5. The Bertz CT molecular complexity index is 909. The van der Waals surface area contributed by atoms with Gasteiger partial charge in [0.25, 0.3) is 0 Å². The lowest BCUT2D eigenvalue weighted by molar-refractivity contribution is 0.0169. The number of likely N-dealkylation sites (tertiary alicyclic amines) is 1. The van der Waals surface area contributed by atoms with Crippen LogP contribution in [0.15, 0.2) is 91.0 Å². The molecule has 0 radical (unpaired) electrons. The van der Waals surface area contributed by atoms with Crippen molar-refractivity contribution in [3.63, 3.8) is 0 Å². The van der Waals surface area contributed by atoms with Crippen molar-refractivity contribution in [2.24, 2.45) is 0 Å². The van der Waals surface area contributed by atoms with Gasteiger partial charge >= 0.3 is 0 Å². The minimum absolute atomic E-state index is 0.0119. The summed E-state index contributed by atoms with van der Waals surface area (Å²) >= 11 is 0. The van der Waals surface area contributed by atoms with Crippen molar-refractivity contribution < 1.29 is 14.6 Å². The van der Waals surface area contributed by atoms with Crippen LogP contribution in [0.5, 0.6) is 5.75 Å². The van der Waals surface area contributed by atoms with E-state index in [9.17, 15) is 5.11 Å². The molecule has 4 rings (SSSR count). The smallest absolute Gasteiger partial charge is 0.119 e. The first-order chi connectivity index (χ1) is 15.7. The molecule has 3 aromatic rings. The van der Waals surface area contributed by atoms with Crippen molar-refractivity contribution >= 4 is 0 Å². The van der Waals surface area contributed by atoms with Crippen molar-refractivity contribution in [3.05, 3.63) is 102 Å². The van der Waals surface area contributed by atoms with Gasteiger partial charge in [0.1, 0.15) is 18.5 Å². The Labute approximate surface area is 191 Å². The standard InChI is InChI=1S/C28H33NO3/c30-26(22-32-27-14-8-3-9-15-27)20-29-18-16-28(17-19-29,25-12-6-2-7-13-25)23-31-21-24-10-4-1-5-11-24/h1-15,26,30H,16-23H2. The molecule has 1 heterocycles. The summed E-state index contributed by atoms with van der Waals surface area (Å²) in [5.41, 5.74) is 2.56. The molecule has 168 valence electrons. The number of benzene rings is 3. The number of rotatable bonds is 10. The van der Waals surface area contributed by atoms with E-state index in [1.807, 2.05) is 36.4 Å². The molecule has 0 bridgehead atoms. The number of ether oxygens (including phenoxy) is 2. The molecule has 3 aromatic carbocycles. The van der Waals surface area contributed by atoms with E-state index in [0.29, 0.717) is 26.4 Å². The summed E-state index contributed by atoms with van der Waals surface area (Å²) in [5.74, 6) is 0.795. The highest BCUT2D eigenvalue weighted by atomic mass is 16.5. The van der Waals surface area contributed by atoms with E-state index in [2.05, 4.69) is 59.5 Å². The molecule has 1 aliphatic heterocycles. The maximum absolute atomic E-state index is 10.5. The Balaban J connectivity index is 1.31. The zero-order valence-electron chi connectivity index (χ0n) is 18.6. The lowest BCUT2D eigenvalue weighted by Gasteiger charge is -2.42. The minimum Gasteiger partial charge on any atom is -0.491 e. The van der Waals surface area contributed by atoms with E-state index in [1.54, 1.807) is 0 Å². The summed E-state index contributed by atoms with van der Waals surface area (Å²) in [4.78, 5) is 2.34. The SMILES string of the molecule is OC(COc1ccccc1)CN1CCC(COCc2ccccc2)(c2ccccc2)CC1. The van der Waals surface area contributed by atoms with Crippen LogP contribution in [0.1, 0.15) is 24.0 Å². The van der Waals surface area contributed by atoms with Gasteiger partial charge in [-0.05, 0) is 49.2 Å². The molecule has 1 saturated heterocycles. The average molecular weight is 432 g/mol. The van der Waals surface area contributed by atoms with E-state index in [4.69, 9.17) is 9.47 Å². The Morgan fingerprint density at radius 1 is 0.812 bits per heavy atom. The zero-order valence-corrected chi connectivity index (χ0v) is 18.6. The summed E-state index contributed by atoms with van der Waals surface area (Å²) in [7, 11) is 0. The largest absolute Gasteiger partial charge is 0.491 e. The second-order valence-corrected chi connectivity index (χ2v) is 8.70. The van der Waals surface area contributed by atoms with Crippen LogP contribution in [0.3, 0.4) is 0 Å². The summed E-state index contributed by atoms with van der Waals surface area (Å²) < 4.78 is 12.0. The predicted octanol–water partition coefficient (Wildman–Crippen LogP) is 4.68. The van der Waals surface area contributed by atoms with E-state index in [0.717, 1.165) is 31.7 Å². The summed E-state index contributed by atoms with van der Waals surface area (Å²) in [6, 6.07) is 30.8. The monoisotopic (exact) mass is 431 g/mol. The van der Waals surface area contributed by atoms with Gasteiger partial charge in [-0.1, -0.05) is 78.9 Å². The third-order valence-electron chi connectivity index (χ3n) is 6.34. The molecule has 1 atom stereocenters. The summed E-state index contributed by atoms with van der Waals surface area (Å²) in [6.07, 6.45) is 1.52. The highest BCUT2D eigenvalue weighted by Gasteiger charge is 2.36. The second kappa shape index (κ2) is 11.3. The Hall–Kier alpha value is -2.66. The predicted molar refractivity (Wildman–Crippen MR) is 128 cm³/mol. The molecule has 1 aliphatic rings. The number of nitrogens with zero attached hydrogens (tertiary/aromatic N) is 1. The van der Waals surface area contributed by atoms with Gasteiger partial charge in [-0.2, -0.15) is 0 Å². The molecule has 0 aromatic heterocycles. The average Bonchev–Trinajstić information content (AvgIpc) is 2.86. The molecule has 32 heavy (non-hydrogen) atoms. The number of hydrogen-bond acceptors (Lipinski definition) is 4. The summed E-state index contributed by atoms with van der Waals surface area (Å²) in [5, 5.41) is 10.5. The Morgan fingerprint density at radius 2 is 1.41 bits per heavy atom. The van der Waals surface area contributed by atoms with Crippen LogP contribution in [0.2, 0.25) is 0 Å². The molecular weight excluding hydrogens is 398 g/mol. The molecule has 1 fully saturated rings. The fourth-order valence-corrected chi connectivity index (χ4v) is 4.47. The topological polar surface area (TPSA) is 41.9 Å². The normalized spacial score (nSPS) is 17.0. The van der Waals surface area contributed by atoms with Gasteiger partial charge in [-0.15, -0.1) is 0 Å². The fourth-order valence-electron chi connectivity index (χ4n) is 4.47. The van der Waals surface area contributed by atoms with Crippen molar-refractivity contribution in [1.29, 1.82) is 0 Å². The molecule has 0 aliphatic carbocycles. The van der Waals surface area contributed by atoms with Gasteiger partial charge in [0.2, 0.25) is 0 Å². The number of hydrogen-bond donors (Lipinski definition) is 1. The molecule has 4 nitrogen and oxygen atoms in total. The van der Waals surface area contributed by atoms with Crippen LogP contribution in [0.25, 0.3) is 0 Å². The summed E-state index contributed by atoms with van der Waals surface area (Å²) in [6.45, 7) is 4.15. The van der Waals surface area contributed by atoms with Crippen LogP contribution < -0.4 is 4.74 Å². The number of aliphatic hydroxyl groups excluding tert-OH is 1. The van der Waals surface area contributed by atoms with Gasteiger partial charge in [0.05, 0.1) is 13.2 Å². The van der Waals surface area contributed by atoms with E-state index >= 15 is 0 Å². The molecule has 4 heteroatoms. The van der Waals surface area contributed by atoms with Crippen LogP contribution in [0.4, 0.5) is 0 Å². The van der Waals surface area contributed by atoms with Crippen molar-refractivity contribution in [1.82, 2.24) is 4.90 Å². The van der Waals surface area contributed by atoms with E-state index in [1.165, 1.54) is 11.1 Å². The molecule has 0 saturated carbocycles. The lowest BCUT2D eigenvalue weighted by Crippen LogP contribution is -2.47. The third-order valence-corrected chi connectivity index (χ3v) is 6.34. The number of para-hydroxylation sites is 1. The quantitative estimate of drug-likeness (QED) is 0.506. The van der Waals surface area contributed by atoms with Gasteiger partial charge < -0.3 is 19.5 Å². The van der Waals surface area contributed by atoms with Crippen LogP contribution >= 0.6 is 0 Å². The first-order valence-corrected chi connectivity index (χ1v) is 11.5. The van der Waals surface area contributed by atoms with Crippen LogP contribution in [-0.4, -0.2) is 49.0 Å². The fraction of sp³-hybridized carbons (Fsp3) is 0.357.